The van der Waals surface area contributed by atoms with E-state index in [0.717, 1.165) is 29.9 Å². The van der Waals surface area contributed by atoms with Crippen molar-refractivity contribution in [1.82, 2.24) is 4.57 Å². The van der Waals surface area contributed by atoms with Gasteiger partial charge < -0.3 is 10.3 Å². The number of hydrogen-bond donors (Lipinski definition) is 1. The minimum absolute atomic E-state index is 0.327. The number of benzene rings is 1. The molecule has 2 N–H and O–H groups in total. The zero-order valence-corrected chi connectivity index (χ0v) is 14.5. The summed E-state index contributed by atoms with van der Waals surface area (Å²) in [4.78, 5) is 13.3. The summed E-state index contributed by atoms with van der Waals surface area (Å²) < 4.78 is 15.7. The van der Waals surface area contributed by atoms with Crippen molar-refractivity contribution in [2.45, 2.75) is 26.8 Å². The van der Waals surface area contributed by atoms with E-state index in [-0.39, 0.29) is 5.82 Å². The molecule has 1 amide bonds. The van der Waals surface area contributed by atoms with Crippen LogP contribution in [0.25, 0.3) is 11.1 Å². The first kappa shape index (κ1) is 16.5. The van der Waals surface area contributed by atoms with Crippen LogP contribution in [0.2, 0.25) is 0 Å². The van der Waals surface area contributed by atoms with Crippen molar-refractivity contribution >= 4 is 17.2 Å². The number of carbonyl (C=O) groups is 1. The van der Waals surface area contributed by atoms with Crippen LogP contribution in [0, 0.1) is 19.7 Å². The molecule has 3 rings (SSSR count). The van der Waals surface area contributed by atoms with Crippen molar-refractivity contribution in [2.24, 2.45) is 5.73 Å². The first-order valence-corrected chi connectivity index (χ1v) is 8.64. The second-order valence-corrected chi connectivity index (χ2v) is 6.81. The molecule has 0 saturated carbocycles. The topological polar surface area (TPSA) is 48.0 Å². The number of nitrogens with zero attached hydrogens (tertiary/aromatic N) is 1. The Morgan fingerprint density at radius 2 is 2.00 bits per heavy atom. The van der Waals surface area contributed by atoms with E-state index in [2.05, 4.69) is 16.0 Å². The molecule has 0 unspecified atom stereocenters. The molecule has 24 heavy (non-hydrogen) atoms. The Morgan fingerprint density at radius 1 is 1.21 bits per heavy atom. The highest BCUT2D eigenvalue weighted by Crippen LogP contribution is 2.33. The van der Waals surface area contributed by atoms with E-state index in [0.29, 0.717) is 11.1 Å². The van der Waals surface area contributed by atoms with E-state index in [1.54, 1.807) is 23.5 Å². The molecule has 0 saturated heterocycles. The molecule has 124 valence electrons. The van der Waals surface area contributed by atoms with Gasteiger partial charge in [0, 0.05) is 28.4 Å². The van der Waals surface area contributed by atoms with Gasteiger partial charge in [-0.2, -0.15) is 0 Å². The predicted molar refractivity (Wildman–Crippen MR) is 95.8 cm³/mol. The molecule has 2 heterocycles. The van der Waals surface area contributed by atoms with Crippen LogP contribution in [-0.4, -0.2) is 10.5 Å². The SMILES string of the molecule is Cc1c(C(N)=O)c(-c2cccc(F)c2)c(C)n1CCc1cccs1. The number of primary amides is 1. The number of carbonyl (C=O) groups excluding carboxylic acids is 1. The fourth-order valence-corrected chi connectivity index (χ4v) is 3.89. The molecule has 0 aliphatic rings. The fraction of sp³-hybridized carbons (Fsp3) is 0.211. The summed E-state index contributed by atoms with van der Waals surface area (Å²) in [5.74, 6) is -0.809. The highest BCUT2D eigenvalue weighted by molar-refractivity contribution is 7.09. The Labute approximate surface area is 144 Å². The van der Waals surface area contributed by atoms with Gasteiger partial charge in [-0.1, -0.05) is 18.2 Å². The van der Waals surface area contributed by atoms with E-state index in [9.17, 15) is 9.18 Å². The monoisotopic (exact) mass is 342 g/mol. The largest absolute Gasteiger partial charge is 0.366 e. The molecule has 0 aliphatic carbocycles. The van der Waals surface area contributed by atoms with Crippen molar-refractivity contribution in [3.8, 4) is 11.1 Å². The number of halogens is 1. The van der Waals surface area contributed by atoms with Gasteiger partial charge in [0.15, 0.2) is 0 Å². The van der Waals surface area contributed by atoms with E-state index in [1.165, 1.54) is 17.0 Å². The standard InChI is InChI=1S/C19H19FN2OS/c1-12-17(14-5-3-6-15(20)11-14)18(19(21)23)13(2)22(12)9-8-16-7-4-10-24-16/h3-7,10-11H,8-9H2,1-2H3,(H2,21,23). The minimum atomic E-state index is -0.482. The summed E-state index contributed by atoms with van der Waals surface area (Å²) >= 11 is 1.71. The van der Waals surface area contributed by atoms with E-state index < -0.39 is 5.91 Å². The maximum Gasteiger partial charge on any atom is 0.251 e. The Bertz CT molecular complexity index is 881. The number of thiophene rings is 1. The Hall–Kier alpha value is -2.40. The molecule has 5 heteroatoms. The Balaban J connectivity index is 2.08. The maximum absolute atomic E-state index is 13.6. The van der Waals surface area contributed by atoms with Crippen LogP contribution in [0.5, 0.6) is 0 Å². The molecule has 0 atom stereocenters. The number of hydrogen-bond acceptors (Lipinski definition) is 2. The lowest BCUT2D eigenvalue weighted by Gasteiger charge is -2.09. The first-order chi connectivity index (χ1) is 11.5. The van der Waals surface area contributed by atoms with Crippen molar-refractivity contribution in [1.29, 1.82) is 0 Å². The molecule has 0 aliphatic heterocycles. The molecule has 2 aromatic heterocycles. The smallest absolute Gasteiger partial charge is 0.251 e. The predicted octanol–water partition coefficient (Wildman–Crippen LogP) is 4.31. The third-order valence-corrected chi connectivity index (χ3v) is 5.24. The van der Waals surface area contributed by atoms with Crippen LogP contribution in [0.4, 0.5) is 4.39 Å². The fourth-order valence-electron chi connectivity index (χ4n) is 3.19. The number of amides is 1. The summed E-state index contributed by atoms with van der Waals surface area (Å²) in [5.41, 5.74) is 9.27. The normalized spacial score (nSPS) is 11.0. The number of aryl methyl sites for hydroxylation is 1. The van der Waals surface area contributed by atoms with Gasteiger partial charge in [-0.25, -0.2) is 4.39 Å². The van der Waals surface area contributed by atoms with Crippen LogP contribution >= 0.6 is 11.3 Å². The number of rotatable bonds is 5. The summed E-state index contributed by atoms with van der Waals surface area (Å²) in [7, 11) is 0. The zero-order valence-electron chi connectivity index (χ0n) is 13.7. The van der Waals surface area contributed by atoms with Crippen LogP contribution < -0.4 is 5.73 Å². The summed E-state index contributed by atoms with van der Waals surface area (Å²) in [5, 5.41) is 2.05. The van der Waals surface area contributed by atoms with Crippen molar-refractivity contribution < 1.29 is 9.18 Å². The van der Waals surface area contributed by atoms with Gasteiger partial charge in [-0.3, -0.25) is 4.79 Å². The number of aromatic nitrogens is 1. The average molecular weight is 342 g/mol. The molecule has 3 nitrogen and oxygen atoms in total. The van der Waals surface area contributed by atoms with E-state index in [4.69, 9.17) is 5.73 Å². The molecular formula is C19H19FN2OS. The third kappa shape index (κ3) is 2.99. The minimum Gasteiger partial charge on any atom is -0.366 e. The lowest BCUT2D eigenvalue weighted by atomic mass is 10.00. The highest BCUT2D eigenvalue weighted by Gasteiger charge is 2.22. The second kappa shape index (κ2) is 6.61. The second-order valence-electron chi connectivity index (χ2n) is 5.78. The molecule has 0 spiro atoms. The zero-order chi connectivity index (χ0) is 17.3. The highest BCUT2D eigenvalue weighted by atomic mass is 32.1. The molecule has 0 bridgehead atoms. The maximum atomic E-state index is 13.6. The van der Waals surface area contributed by atoms with Gasteiger partial charge in [0.1, 0.15) is 5.82 Å². The van der Waals surface area contributed by atoms with Crippen LogP contribution in [0.1, 0.15) is 26.6 Å². The average Bonchev–Trinajstić information content (AvgIpc) is 3.12. The molecule has 3 aromatic rings. The van der Waals surface area contributed by atoms with Gasteiger partial charge in [-0.15, -0.1) is 11.3 Å². The van der Waals surface area contributed by atoms with Crippen molar-refractivity contribution in [3.63, 3.8) is 0 Å². The Kier molecular flexibility index (Phi) is 4.53. The molecule has 1 aromatic carbocycles. The first-order valence-electron chi connectivity index (χ1n) is 7.77. The molecular weight excluding hydrogens is 323 g/mol. The molecule has 0 fully saturated rings. The third-order valence-electron chi connectivity index (χ3n) is 4.30. The van der Waals surface area contributed by atoms with Crippen molar-refractivity contribution in [2.75, 3.05) is 0 Å². The van der Waals surface area contributed by atoms with Crippen LogP contribution in [0.15, 0.2) is 41.8 Å². The van der Waals surface area contributed by atoms with Gasteiger partial charge in [-0.05, 0) is 49.4 Å². The van der Waals surface area contributed by atoms with Crippen molar-refractivity contribution in [3.05, 3.63) is 69.4 Å². The van der Waals surface area contributed by atoms with Crippen LogP contribution in [0.3, 0.4) is 0 Å². The van der Waals surface area contributed by atoms with E-state index in [1.807, 2.05) is 19.9 Å². The lowest BCUT2D eigenvalue weighted by Crippen LogP contribution is -2.13. The molecule has 0 radical (unpaired) electrons. The van der Waals surface area contributed by atoms with E-state index >= 15 is 0 Å². The summed E-state index contributed by atoms with van der Waals surface area (Å²) in [6.45, 7) is 4.60. The quantitative estimate of drug-likeness (QED) is 0.738. The van der Waals surface area contributed by atoms with Crippen LogP contribution in [-0.2, 0) is 13.0 Å². The number of nitrogens with two attached hydrogens (primary N) is 1. The Morgan fingerprint density at radius 3 is 2.62 bits per heavy atom. The van der Waals surface area contributed by atoms with Gasteiger partial charge in [0.25, 0.3) is 5.91 Å². The van der Waals surface area contributed by atoms with Gasteiger partial charge in [0.05, 0.1) is 5.56 Å². The summed E-state index contributed by atoms with van der Waals surface area (Å²) in [6.07, 6.45) is 0.884. The lowest BCUT2D eigenvalue weighted by molar-refractivity contribution is 0.1000. The summed E-state index contributed by atoms with van der Waals surface area (Å²) in [6, 6.07) is 10.4. The van der Waals surface area contributed by atoms with Gasteiger partial charge in [0.2, 0.25) is 0 Å². The van der Waals surface area contributed by atoms with Gasteiger partial charge >= 0.3 is 0 Å².